The number of carbonyl (C=O) groups excluding carboxylic acids is 1. The van der Waals surface area contributed by atoms with Gasteiger partial charge in [-0.15, -0.1) is 0 Å². The number of nitrogens with one attached hydrogen (secondary N) is 1. The maximum atomic E-state index is 11.6. The first-order chi connectivity index (χ1) is 13.2. The Kier molecular flexibility index (Phi) is 6.59. The maximum absolute atomic E-state index is 11.6. The lowest BCUT2D eigenvalue weighted by atomic mass is 10.2. The Labute approximate surface area is 160 Å². The molecule has 7 heteroatoms. The Morgan fingerprint density at radius 1 is 1.15 bits per heavy atom. The first-order valence-corrected chi connectivity index (χ1v) is 9.35. The van der Waals surface area contributed by atoms with Crippen molar-refractivity contribution < 1.29 is 9.53 Å². The fourth-order valence-electron chi connectivity index (χ4n) is 3.09. The van der Waals surface area contributed by atoms with E-state index in [0.717, 1.165) is 56.3 Å². The van der Waals surface area contributed by atoms with Gasteiger partial charge in [-0.1, -0.05) is 30.3 Å². The minimum absolute atomic E-state index is 0.128. The van der Waals surface area contributed by atoms with Crippen LogP contribution in [-0.4, -0.2) is 67.2 Å². The Hall–Kier alpha value is -2.67. The van der Waals surface area contributed by atoms with E-state index in [4.69, 9.17) is 9.72 Å². The van der Waals surface area contributed by atoms with E-state index < -0.39 is 0 Å². The third kappa shape index (κ3) is 5.17. The van der Waals surface area contributed by atoms with Gasteiger partial charge in [-0.05, 0) is 6.42 Å². The van der Waals surface area contributed by atoms with Crippen LogP contribution in [0.1, 0.15) is 13.3 Å². The molecule has 0 aliphatic carbocycles. The smallest absolute Gasteiger partial charge is 0.219 e. The van der Waals surface area contributed by atoms with Gasteiger partial charge in [0.15, 0.2) is 5.82 Å². The van der Waals surface area contributed by atoms with Crippen molar-refractivity contribution in [1.82, 2.24) is 14.9 Å². The first kappa shape index (κ1) is 19.1. The number of methoxy groups -OCH3 is 1. The summed E-state index contributed by atoms with van der Waals surface area (Å²) in [7, 11) is 1.71. The summed E-state index contributed by atoms with van der Waals surface area (Å²) in [6.07, 6.45) is 0.911. The molecule has 1 N–H and O–H groups in total. The normalized spacial score (nSPS) is 14.3. The van der Waals surface area contributed by atoms with Gasteiger partial charge in [-0.2, -0.15) is 0 Å². The number of rotatable bonds is 7. The van der Waals surface area contributed by atoms with E-state index in [1.807, 2.05) is 41.3 Å². The fourth-order valence-corrected chi connectivity index (χ4v) is 3.09. The lowest BCUT2D eigenvalue weighted by molar-refractivity contribution is -0.129. The van der Waals surface area contributed by atoms with Crippen molar-refractivity contribution in [2.45, 2.75) is 13.3 Å². The van der Waals surface area contributed by atoms with Crippen LogP contribution in [0.25, 0.3) is 11.4 Å². The molecule has 0 radical (unpaired) electrons. The van der Waals surface area contributed by atoms with Gasteiger partial charge in [0.2, 0.25) is 5.91 Å². The topological polar surface area (TPSA) is 70.6 Å². The zero-order valence-electron chi connectivity index (χ0n) is 16.0. The molecule has 1 aliphatic heterocycles. The summed E-state index contributed by atoms with van der Waals surface area (Å²) in [6.45, 7) is 6.10. The quantitative estimate of drug-likeness (QED) is 0.755. The average Bonchev–Trinajstić information content (AvgIpc) is 2.72. The van der Waals surface area contributed by atoms with Gasteiger partial charge in [-0.3, -0.25) is 4.79 Å². The molecule has 144 valence electrons. The minimum atomic E-state index is 0.128. The van der Waals surface area contributed by atoms with Crippen molar-refractivity contribution in [3.63, 3.8) is 0 Å². The van der Waals surface area contributed by atoms with Crippen molar-refractivity contribution in [3.05, 3.63) is 36.4 Å². The Morgan fingerprint density at radius 3 is 2.56 bits per heavy atom. The summed E-state index contributed by atoms with van der Waals surface area (Å²) >= 11 is 0. The summed E-state index contributed by atoms with van der Waals surface area (Å²) < 4.78 is 5.11. The highest BCUT2D eigenvalue weighted by molar-refractivity contribution is 5.73. The zero-order chi connectivity index (χ0) is 19.1. The average molecular weight is 369 g/mol. The molecule has 1 fully saturated rings. The number of hydrogen-bond acceptors (Lipinski definition) is 6. The SMILES string of the molecule is COCCCNc1cc(N2CCN(C(C)=O)CC2)nc(-c2ccccc2)n1. The van der Waals surface area contributed by atoms with Crippen LogP contribution < -0.4 is 10.2 Å². The lowest BCUT2D eigenvalue weighted by Crippen LogP contribution is -2.48. The number of amides is 1. The second-order valence-corrected chi connectivity index (χ2v) is 6.57. The third-order valence-corrected chi connectivity index (χ3v) is 4.62. The standard InChI is InChI=1S/C20H27N5O2/c1-16(26)24-10-12-25(13-11-24)19-15-18(21-9-6-14-27-2)22-20(23-19)17-7-4-3-5-8-17/h3-5,7-8,15H,6,9-14H2,1-2H3,(H,21,22,23). The van der Waals surface area contributed by atoms with E-state index in [1.54, 1.807) is 14.0 Å². The predicted molar refractivity (Wildman–Crippen MR) is 107 cm³/mol. The molecule has 7 nitrogen and oxygen atoms in total. The van der Waals surface area contributed by atoms with Crippen molar-refractivity contribution >= 4 is 17.5 Å². The van der Waals surface area contributed by atoms with Gasteiger partial charge in [-0.25, -0.2) is 9.97 Å². The second-order valence-electron chi connectivity index (χ2n) is 6.57. The van der Waals surface area contributed by atoms with Crippen molar-refractivity contribution in [3.8, 4) is 11.4 Å². The first-order valence-electron chi connectivity index (χ1n) is 9.35. The fraction of sp³-hybridized carbons (Fsp3) is 0.450. The Bertz CT molecular complexity index is 745. The molecule has 2 heterocycles. The number of piperazine rings is 1. The van der Waals surface area contributed by atoms with Gasteiger partial charge in [0.25, 0.3) is 0 Å². The Balaban J connectivity index is 1.80. The van der Waals surface area contributed by atoms with E-state index in [0.29, 0.717) is 12.4 Å². The summed E-state index contributed by atoms with van der Waals surface area (Å²) in [5.41, 5.74) is 0.988. The number of aromatic nitrogens is 2. The van der Waals surface area contributed by atoms with Crippen LogP contribution in [0.3, 0.4) is 0 Å². The number of hydrogen-bond donors (Lipinski definition) is 1. The van der Waals surface area contributed by atoms with Crippen LogP contribution in [0.2, 0.25) is 0 Å². The van der Waals surface area contributed by atoms with E-state index in [2.05, 4.69) is 15.2 Å². The van der Waals surface area contributed by atoms with Crippen molar-refractivity contribution in [2.24, 2.45) is 0 Å². The number of nitrogens with zero attached hydrogens (tertiary/aromatic N) is 4. The number of anilines is 2. The van der Waals surface area contributed by atoms with Crippen LogP contribution in [0.15, 0.2) is 36.4 Å². The molecule has 2 aromatic rings. The summed E-state index contributed by atoms with van der Waals surface area (Å²) in [5.74, 6) is 2.53. The van der Waals surface area contributed by atoms with E-state index in [1.165, 1.54) is 0 Å². The molecule has 0 unspecified atom stereocenters. The highest BCUT2D eigenvalue weighted by atomic mass is 16.5. The number of benzene rings is 1. The van der Waals surface area contributed by atoms with E-state index in [-0.39, 0.29) is 5.91 Å². The third-order valence-electron chi connectivity index (χ3n) is 4.62. The Morgan fingerprint density at radius 2 is 1.89 bits per heavy atom. The molecule has 0 bridgehead atoms. The van der Waals surface area contributed by atoms with E-state index >= 15 is 0 Å². The molecule has 1 aromatic carbocycles. The molecule has 1 saturated heterocycles. The minimum Gasteiger partial charge on any atom is -0.385 e. The van der Waals surface area contributed by atoms with E-state index in [9.17, 15) is 4.79 Å². The molecule has 1 amide bonds. The molecule has 1 aromatic heterocycles. The number of carbonyl (C=O) groups is 1. The van der Waals surface area contributed by atoms with Crippen LogP contribution in [0, 0.1) is 0 Å². The molecule has 0 spiro atoms. The van der Waals surface area contributed by atoms with Gasteiger partial charge < -0.3 is 19.9 Å². The highest BCUT2D eigenvalue weighted by Gasteiger charge is 2.21. The van der Waals surface area contributed by atoms with Crippen molar-refractivity contribution in [2.75, 3.05) is 56.7 Å². The van der Waals surface area contributed by atoms with Gasteiger partial charge in [0.1, 0.15) is 11.6 Å². The molecular formula is C20H27N5O2. The zero-order valence-corrected chi connectivity index (χ0v) is 16.0. The monoisotopic (exact) mass is 369 g/mol. The molecule has 27 heavy (non-hydrogen) atoms. The molecule has 3 rings (SSSR count). The van der Waals surface area contributed by atoms with Gasteiger partial charge in [0.05, 0.1) is 0 Å². The highest BCUT2D eigenvalue weighted by Crippen LogP contribution is 2.23. The predicted octanol–water partition coefficient (Wildman–Crippen LogP) is 2.26. The summed E-state index contributed by atoms with van der Waals surface area (Å²) in [6, 6.07) is 12.0. The number of ether oxygens (including phenoxy) is 1. The van der Waals surface area contributed by atoms with Gasteiger partial charge in [0, 0.05) is 65.0 Å². The molecule has 0 saturated carbocycles. The molecule has 0 atom stereocenters. The maximum Gasteiger partial charge on any atom is 0.219 e. The van der Waals surface area contributed by atoms with Gasteiger partial charge >= 0.3 is 0 Å². The molecule has 1 aliphatic rings. The second kappa shape index (κ2) is 9.32. The molecular weight excluding hydrogens is 342 g/mol. The largest absolute Gasteiger partial charge is 0.385 e. The summed E-state index contributed by atoms with van der Waals surface area (Å²) in [4.78, 5) is 25.1. The van der Waals surface area contributed by atoms with Crippen molar-refractivity contribution in [1.29, 1.82) is 0 Å². The van der Waals surface area contributed by atoms with Crippen LogP contribution in [0.5, 0.6) is 0 Å². The summed E-state index contributed by atoms with van der Waals surface area (Å²) in [5, 5.41) is 3.37. The van der Waals surface area contributed by atoms with Crippen LogP contribution in [-0.2, 0) is 9.53 Å². The lowest BCUT2D eigenvalue weighted by Gasteiger charge is -2.35. The van der Waals surface area contributed by atoms with Crippen LogP contribution >= 0.6 is 0 Å². The van der Waals surface area contributed by atoms with Crippen LogP contribution in [0.4, 0.5) is 11.6 Å².